The number of aromatic nitrogens is 1. The number of anilines is 1. The SMILES string of the molecule is COc1ccccc1-c1nc(S(=O)(=O)c2ccc3c(c2)OCCO3)c(N2CCc3ccccc3C2)o1. The van der Waals surface area contributed by atoms with Crippen molar-refractivity contribution in [1.82, 2.24) is 4.98 Å². The van der Waals surface area contributed by atoms with Crippen molar-refractivity contribution < 1.29 is 27.0 Å². The monoisotopic (exact) mass is 504 g/mol. The summed E-state index contributed by atoms with van der Waals surface area (Å²) in [4.78, 5) is 6.52. The molecule has 36 heavy (non-hydrogen) atoms. The summed E-state index contributed by atoms with van der Waals surface area (Å²) in [6, 6.07) is 20.0. The van der Waals surface area contributed by atoms with Crippen molar-refractivity contribution in [2.75, 3.05) is 31.8 Å². The number of hydrogen-bond donors (Lipinski definition) is 0. The zero-order valence-corrected chi connectivity index (χ0v) is 20.5. The van der Waals surface area contributed by atoms with Crippen molar-refractivity contribution in [3.8, 4) is 28.7 Å². The van der Waals surface area contributed by atoms with Crippen molar-refractivity contribution >= 4 is 15.7 Å². The molecule has 3 aromatic carbocycles. The van der Waals surface area contributed by atoms with Gasteiger partial charge in [0.25, 0.3) is 0 Å². The topological polar surface area (TPSA) is 91.1 Å². The van der Waals surface area contributed by atoms with Gasteiger partial charge in [-0.2, -0.15) is 4.98 Å². The molecule has 6 rings (SSSR count). The normalized spacial score (nSPS) is 14.9. The molecule has 0 saturated carbocycles. The number of benzene rings is 3. The Balaban J connectivity index is 1.48. The first kappa shape index (κ1) is 22.5. The summed E-state index contributed by atoms with van der Waals surface area (Å²) in [6.45, 7) is 1.89. The predicted octanol–water partition coefficient (Wildman–Crippen LogP) is 4.52. The van der Waals surface area contributed by atoms with Crippen molar-refractivity contribution in [2.24, 2.45) is 0 Å². The summed E-state index contributed by atoms with van der Waals surface area (Å²) < 4.78 is 50.8. The van der Waals surface area contributed by atoms with E-state index in [1.807, 2.05) is 35.2 Å². The molecule has 0 radical (unpaired) electrons. The first-order valence-electron chi connectivity index (χ1n) is 11.7. The number of rotatable bonds is 5. The molecule has 0 fully saturated rings. The maximum Gasteiger partial charge on any atom is 0.236 e. The minimum Gasteiger partial charge on any atom is -0.496 e. The highest BCUT2D eigenvalue weighted by Gasteiger charge is 2.34. The summed E-state index contributed by atoms with van der Waals surface area (Å²) >= 11 is 0. The van der Waals surface area contributed by atoms with Crippen LogP contribution in [0.25, 0.3) is 11.5 Å². The molecule has 184 valence electrons. The summed E-state index contributed by atoms with van der Waals surface area (Å²) in [5.41, 5.74) is 2.94. The van der Waals surface area contributed by atoms with Crippen LogP contribution in [0.1, 0.15) is 11.1 Å². The van der Waals surface area contributed by atoms with Crippen LogP contribution in [0, 0.1) is 0 Å². The van der Waals surface area contributed by atoms with Gasteiger partial charge in [-0.05, 0) is 41.8 Å². The lowest BCUT2D eigenvalue weighted by molar-refractivity contribution is 0.171. The molecule has 2 aliphatic rings. The largest absolute Gasteiger partial charge is 0.496 e. The third-order valence-electron chi connectivity index (χ3n) is 6.41. The van der Waals surface area contributed by atoms with Crippen LogP contribution in [0.5, 0.6) is 17.2 Å². The van der Waals surface area contributed by atoms with Gasteiger partial charge >= 0.3 is 0 Å². The third kappa shape index (κ3) is 3.85. The molecular formula is C27H24N2O6S. The smallest absolute Gasteiger partial charge is 0.236 e. The van der Waals surface area contributed by atoms with Crippen molar-refractivity contribution in [2.45, 2.75) is 22.9 Å². The number of fused-ring (bicyclic) bond motifs is 2. The molecule has 0 spiro atoms. The molecule has 8 nitrogen and oxygen atoms in total. The van der Waals surface area contributed by atoms with Crippen LogP contribution in [0.4, 0.5) is 5.88 Å². The standard InChI is InChI=1S/C27H24N2O6S/c1-32-22-9-5-4-8-21(22)25-28-26(27(35-25)29-13-12-18-6-2-3-7-19(18)17-29)36(30,31)20-10-11-23-24(16-20)34-15-14-33-23/h2-11,16H,12-15,17H2,1H3. The zero-order chi connectivity index (χ0) is 24.7. The average molecular weight is 505 g/mol. The maximum absolute atomic E-state index is 14.0. The number of methoxy groups -OCH3 is 1. The van der Waals surface area contributed by atoms with Crippen molar-refractivity contribution in [1.29, 1.82) is 0 Å². The van der Waals surface area contributed by atoms with Gasteiger partial charge in [0.1, 0.15) is 19.0 Å². The molecule has 1 aromatic heterocycles. The Kier molecular flexibility index (Phi) is 5.56. The number of para-hydroxylation sites is 1. The van der Waals surface area contributed by atoms with Gasteiger partial charge in [-0.3, -0.25) is 0 Å². The number of oxazole rings is 1. The fourth-order valence-corrected chi connectivity index (χ4v) is 5.92. The fraction of sp³-hybridized carbons (Fsp3) is 0.222. The molecule has 2 aliphatic heterocycles. The lowest BCUT2D eigenvalue weighted by Gasteiger charge is -2.28. The minimum absolute atomic E-state index is 0.0605. The van der Waals surface area contributed by atoms with Gasteiger partial charge < -0.3 is 23.5 Å². The van der Waals surface area contributed by atoms with Gasteiger partial charge in [0.05, 0.1) is 17.6 Å². The third-order valence-corrected chi connectivity index (χ3v) is 8.06. The van der Waals surface area contributed by atoms with E-state index in [0.717, 1.165) is 12.0 Å². The lowest BCUT2D eigenvalue weighted by atomic mass is 10.0. The van der Waals surface area contributed by atoms with Crippen LogP contribution < -0.4 is 19.1 Å². The van der Waals surface area contributed by atoms with Gasteiger partial charge in [-0.1, -0.05) is 36.4 Å². The minimum atomic E-state index is -4.06. The fourth-order valence-electron chi connectivity index (χ4n) is 4.58. The highest BCUT2D eigenvalue weighted by Crippen LogP contribution is 2.41. The van der Waals surface area contributed by atoms with Crippen LogP contribution >= 0.6 is 0 Å². The molecule has 0 aliphatic carbocycles. The van der Waals surface area contributed by atoms with Gasteiger partial charge in [-0.15, -0.1) is 0 Å². The van der Waals surface area contributed by atoms with E-state index in [2.05, 4.69) is 11.1 Å². The maximum atomic E-state index is 14.0. The Bertz CT molecular complexity index is 1550. The summed E-state index contributed by atoms with van der Waals surface area (Å²) in [7, 11) is -2.51. The summed E-state index contributed by atoms with van der Waals surface area (Å²) in [5, 5.41) is -0.139. The van der Waals surface area contributed by atoms with Crippen LogP contribution in [0.3, 0.4) is 0 Å². The van der Waals surface area contributed by atoms with E-state index >= 15 is 0 Å². The molecule has 0 N–H and O–H groups in total. The number of nitrogens with zero attached hydrogens (tertiary/aromatic N) is 2. The molecule has 0 bridgehead atoms. The summed E-state index contributed by atoms with van der Waals surface area (Å²) in [6.07, 6.45) is 0.768. The van der Waals surface area contributed by atoms with E-state index in [9.17, 15) is 8.42 Å². The Hall–Kier alpha value is -3.98. The first-order chi connectivity index (χ1) is 17.5. The molecule has 9 heteroatoms. The second kappa shape index (κ2) is 8.91. The van der Waals surface area contributed by atoms with Crippen LogP contribution in [0.2, 0.25) is 0 Å². The van der Waals surface area contributed by atoms with Crippen molar-refractivity contribution in [3.05, 3.63) is 77.9 Å². The lowest BCUT2D eigenvalue weighted by Crippen LogP contribution is -2.31. The predicted molar refractivity (Wildman–Crippen MR) is 133 cm³/mol. The van der Waals surface area contributed by atoms with Crippen LogP contribution in [0.15, 0.2) is 81.1 Å². The first-order valence-corrected chi connectivity index (χ1v) is 13.1. The average Bonchev–Trinajstić information content (AvgIpc) is 3.39. The van der Waals surface area contributed by atoms with E-state index in [1.165, 1.54) is 17.7 Å². The zero-order valence-electron chi connectivity index (χ0n) is 19.6. The molecule has 0 saturated heterocycles. The quantitative estimate of drug-likeness (QED) is 0.392. The van der Waals surface area contributed by atoms with E-state index in [4.69, 9.17) is 18.6 Å². The second-order valence-electron chi connectivity index (χ2n) is 8.58. The highest BCUT2D eigenvalue weighted by atomic mass is 32.2. The van der Waals surface area contributed by atoms with Gasteiger partial charge in [0.2, 0.25) is 26.6 Å². The molecule has 0 unspecified atom stereocenters. The number of hydrogen-bond acceptors (Lipinski definition) is 8. The van der Waals surface area contributed by atoms with Crippen LogP contribution in [-0.4, -0.2) is 40.3 Å². The van der Waals surface area contributed by atoms with Gasteiger partial charge in [0.15, 0.2) is 11.5 Å². The summed E-state index contributed by atoms with van der Waals surface area (Å²) in [5.74, 6) is 1.84. The van der Waals surface area contributed by atoms with E-state index in [1.54, 1.807) is 25.3 Å². The Morgan fingerprint density at radius 2 is 1.67 bits per heavy atom. The molecular weight excluding hydrogens is 480 g/mol. The van der Waals surface area contributed by atoms with E-state index in [-0.39, 0.29) is 21.7 Å². The Labute approximate surface area is 209 Å². The number of ether oxygens (including phenoxy) is 3. The molecule has 4 aromatic rings. The Morgan fingerprint density at radius 3 is 2.50 bits per heavy atom. The molecule has 0 amide bonds. The van der Waals surface area contributed by atoms with Crippen molar-refractivity contribution in [3.63, 3.8) is 0 Å². The second-order valence-corrected chi connectivity index (χ2v) is 10.4. The highest BCUT2D eigenvalue weighted by molar-refractivity contribution is 7.91. The van der Waals surface area contributed by atoms with Gasteiger partial charge in [-0.25, -0.2) is 8.42 Å². The van der Waals surface area contributed by atoms with E-state index < -0.39 is 9.84 Å². The molecule has 3 heterocycles. The molecule has 0 atom stereocenters. The van der Waals surface area contributed by atoms with E-state index in [0.29, 0.717) is 49.1 Å². The number of sulfone groups is 1. The van der Waals surface area contributed by atoms with Gasteiger partial charge in [0, 0.05) is 19.2 Å². The van der Waals surface area contributed by atoms with Crippen LogP contribution in [-0.2, 0) is 22.8 Å². The Morgan fingerprint density at radius 1 is 0.917 bits per heavy atom.